The third-order valence-electron chi connectivity index (χ3n) is 14.7. The Hall–Kier alpha value is -4.19. The van der Waals surface area contributed by atoms with E-state index in [1.165, 1.54) is 154 Å². The van der Waals surface area contributed by atoms with Crippen LogP contribution in [0, 0.1) is 0 Å². The lowest BCUT2D eigenvalue weighted by Gasteiger charge is -2.18. The monoisotopic (exact) mass is 1140 g/mol. The molecule has 0 aromatic rings. The summed E-state index contributed by atoms with van der Waals surface area (Å²) in [6, 6.07) is 0. The second kappa shape index (κ2) is 69.3. The first-order valence-electron chi connectivity index (χ1n) is 34.5. The van der Waals surface area contributed by atoms with Crippen LogP contribution in [-0.4, -0.2) is 37.2 Å². The Morgan fingerprint density at radius 3 is 0.756 bits per heavy atom. The van der Waals surface area contributed by atoms with Gasteiger partial charge in [-0.15, -0.1) is 0 Å². The molecule has 1 unspecified atom stereocenters. The number of unbranched alkanes of at least 4 members (excludes halogenated alkanes) is 31. The molecule has 6 heteroatoms. The molecule has 1 atom stereocenters. The van der Waals surface area contributed by atoms with Crippen LogP contribution in [-0.2, 0) is 28.6 Å². The van der Waals surface area contributed by atoms with Crippen molar-refractivity contribution in [3.05, 3.63) is 122 Å². The number of hydrogen-bond acceptors (Lipinski definition) is 6. The highest BCUT2D eigenvalue weighted by atomic mass is 16.6. The summed E-state index contributed by atoms with van der Waals surface area (Å²) in [5.74, 6) is -0.904. The first-order chi connectivity index (χ1) is 40.5. The van der Waals surface area contributed by atoms with Crippen LogP contribution in [0.25, 0.3) is 0 Å². The van der Waals surface area contributed by atoms with Gasteiger partial charge in [0.25, 0.3) is 0 Å². The Morgan fingerprint density at radius 1 is 0.256 bits per heavy atom. The summed E-state index contributed by atoms with van der Waals surface area (Å²) in [4.78, 5) is 38.4. The van der Waals surface area contributed by atoms with Gasteiger partial charge in [0.05, 0.1) is 0 Å². The van der Waals surface area contributed by atoms with Crippen molar-refractivity contribution in [3.8, 4) is 0 Å². The van der Waals surface area contributed by atoms with E-state index in [9.17, 15) is 14.4 Å². The molecule has 0 radical (unpaired) electrons. The minimum Gasteiger partial charge on any atom is -0.462 e. The summed E-state index contributed by atoms with van der Waals surface area (Å²) in [5.41, 5.74) is 0. The summed E-state index contributed by atoms with van der Waals surface area (Å²) in [6.07, 6.45) is 96.4. The third-order valence-corrected chi connectivity index (χ3v) is 14.7. The molecule has 0 rings (SSSR count). The van der Waals surface area contributed by atoms with E-state index in [-0.39, 0.29) is 31.1 Å². The average molecular weight is 1140 g/mol. The fourth-order valence-electron chi connectivity index (χ4n) is 9.51. The highest BCUT2D eigenvalue weighted by molar-refractivity contribution is 5.71. The van der Waals surface area contributed by atoms with Gasteiger partial charge in [0.1, 0.15) is 13.2 Å². The van der Waals surface area contributed by atoms with Crippen molar-refractivity contribution in [2.24, 2.45) is 0 Å². The van der Waals surface area contributed by atoms with Gasteiger partial charge in [-0.25, -0.2) is 0 Å². The molecule has 0 N–H and O–H groups in total. The van der Waals surface area contributed by atoms with Gasteiger partial charge in [-0.3, -0.25) is 14.4 Å². The van der Waals surface area contributed by atoms with Crippen LogP contribution in [0.1, 0.15) is 323 Å². The van der Waals surface area contributed by atoms with Crippen LogP contribution >= 0.6 is 0 Å². The molecule has 0 aliphatic rings. The van der Waals surface area contributed by atoms with Crippen molar-refractivity contribution in [1.29, 1.82) is 0 Å². The van der Waals surface area contributed by atoms with Crippen LogP contribution in [0.2, 0.25) is 0 Å². The standard InChI is InChI=1S/C76H128O6/c1-4-7-10-13-16-19-22-25-28-30-32-33-34-35-36-37-38-39-40-41-42-43-45-46-48-51-54-57-60-63-66-69-75(78)81-72-73(71-80-74(77)68-65-62-59-56-53-50-27-24-21-18-15-12-9-6-3)82-76(79)70-67-64-61-58-55-52-49-47-44-31-29-26-23-20-17-14-11-8-5-2/h7,10,16,19,24-29,32-33,35-36,38-39,41-42,45-46,73H,4-6,8-9,11-15,17-18,20-23,30-31,34,37,40,43-44,47-72H2,1-3H3/b10-7-,19-16-,27-24-,28-25-,29-26-,33-32-,36-35-,39-38-,42-41-,46-45-. The summed E-state index contributed by atoms with van der Waals surface area (Å²) >= 11 is 0. The van der Waals surface area contributed by atoms with Gasteiger partial charge in [0.2, 0.25) is 0 Å². The zero-order chi connectivity index (χ0) is 59.2. The normalized spacial score (nSPS) is 12.9. The van der Waals surface area contributed by atoms with Crippen molar-refractivity contribution in [1.82, 2.24) is 0 Å². The Labute approximate surface area is 507 Å². The first kappa shape index (κ1) is 77.8. The van der Waals surface area contributed by atoms with Crippen molar-refractivity contribution in [2.75, 3.05) is 13.2 Å². The summed E-state index contributed by atoms with van der Waals surface area (Å²) in [5, 5.41) is 0. The molecular formula is C76H128O6. The molecule has 468 valence electrons. The third kappa shape index (κ3) is 66.6. The number of carbonyl (C=O) groups is 3. The molecule has 0 bridgehead atoms. The van der Waals surface area contributed by atoms with Gasteiger partial charge in [-0.2, -0.15) is 0 Å². The van der Waals surface area contributed by atoms with Crippen LogP contribution < -0.4 is 0 Å². The van der Waals surface area contributed by atoms with E-state index < -0.39 is 6.10 Å². The predicted molar refractivity (Wildman–Crippen MR) is 357 cm³/mol. The van der Waals surface area contributed by atoms with E-state index in [4.69, 9.17) is 14.2 Å². The van der Waals surface area contributed by atoms with Gasteiger partial charge in [-0.05, 0) is 135 Å². The summed E-state index contributed by atoms with van der Waals surface area (Å²) in [6.45, 7) is 6.52. The molecule has 0 fully saturated rings. The summed E-state index contributed by atoms with van der Waals surface area (Å²) in [7, 11) is 0. The van der Waals surface area contributed by atoms with Gasteiger partial charge in [0.15, 0.2) is 6.10 Å². The average Bonchev–Trinajstić information content (AvgIpc) is 3.47. The Morgan fingerprint density at radius 2 is 0.476 bits per heavy atom. The molecule has 0 aliphatic heterocycles. The van der Waals surface area contributed by atoms with Crippen molar-refractivity contribution in [3.63, 3.8) is 0 Å². The molecule has 0 aliphatic carbocycles. The molecule has 6 nitrogen and oxygen atoms in total. The lowest BCUT2D eigenvalue weighted by Crippen LogP contribution is -2.30. The minimum atomic E-state index is -0.793. The highest BCUT2D eigenvalue weighted by Gasteiger charge is 2.19. The second-order valence-electron chi connectivity index (χ2n) is 22.7. The van der Waals surface area contributed by atoms with E-state index in [0.29, 0.717) is 19.3 Å². The lowest BCUT2D eigenvalue weighted by molar-refractivity contribution is -0.167. The second-order valence-corrected chi connectivity index (χ2v) is 22.7. The first-order valence-corrected chi connectivity index (χ1v) is 34.5. The quantitative estimate of drug-likeness (QED) is 0.0261. The van der Waals surface area contributed by atoms with Gasteiger partial charge >= 0.3 is 17.9 Å². The van der Waals surface area contributed by atoms with Crippen LogP contribution in [0.15, 0.2) is 122 Å². The maximum atomic E-state index is 12.9. The number of rotatable bonds is 62. The van der Waals surface area contributed by atoms with Crippen molar-refractivity contribution in [2.45, 2.75) is 329 Å². The lowest BCUT2D eigenvalue weighted by atomic mass is 10.1. The Balaban J connectivity index is 4.35. The maximum absolute atomic E-state index is 12.9. The number of hydrogen-bond donors (Lipinski definition) is 0. The van der Waals surface area contributed by atoms with Gasteiger partial charge < -0.3 is 14.2 Å². The van der Waals surface area contributed by atoms with Crippen LogP contribution in [0.3, 0.4) is 0 Å². The number of carbonyl (C=O) groups excluding carboxylic acids is 3. The highest BCUT2D eigenvalue weighted by Crippen LogP contribution is 2.16. The molecular weight excluding hydrogens is 1010 g/mol. The Bertz CT molecular complexity index is 1690. The molecule has 82 heavy (non-hydrogen) atoms. The zero-order valence-corrected chi connectivity index (χ0v) is 53.7. The molecule has 0 aromatic carbocycles. The fourth-order valence-corrected chi connectivity index (χ4v) is 9.51. The van der Waals surface area contributed by atoms with Crippen LogP contribution in [0.4, 0.5) is 0 Å². The van der Waals surface area contributed by atoms with E-state index in [1.807, 2.05) is 0 Å². The zero-order valence-electron chi connectivity index (χ0n) is 53.7. The van der Waals surface area contributed by atoms with E-state index >= 15 is 0 Å². The summed E-state index contributed by atoms with van der Waals surface area (Å²) < 4.78 is 16.9. The molecule has 0 amide bonds. The van der Waals surface area contributed by atoms with Crippen LogP contribution in [0.5, 0.6) is 0 Å². The maximum Gasteiger partial charge on any atom is 0.306 e. The number of esters is 3. The van der Waals surface area contributed by atoms with E-state index in [0.717, 1.165) is 128 Å². The van der Waals surface area contributed by atoms with E-state index in [2.05, 4.69) is 142 Å². The minimum absolute atomic E-state index is 0.0881. The van der Waals surface area contributed by atoms with Crippen molar-refractivity contribution < 1.29 is 28.6 Å². The molecule has 0 heterocycles. The molecule has 0 saturated carbocycles. The fraction of sp³-hybridized carbons (Fsp3) is 0.697. The molecule has 0 aromatic heterocycles. The number of allylic oxidation sites excluding steroid dienone is 20. The van der Waals surface area contributed by atoms with Gasteiger partial charge in [0, 0.05) is 19.3 Å². The van der Waals surface area contributed by atoms with Gasteiger partial charge in [-0.1, -0.05) is 290 Å². The topological polar surface area (TPSA) is 78.9 Å². The predicted octanol–water partition coefficient (Wildman–Crippen LogP) is 23.9. The van der Waals surface area contributed by atoms with E-state index in [1.54, 1.807) is 0 Å². The molecule has 0 saturated heterocycles. The SMILES string of the molecule is CC/C=C\C/C=C\C/C=C\C/C=C\C/C=C\C/C=C\C/C=C\C/C=C\CCCCCCCCC(=O)OCC(COC(=O)CCCCCCC/C=C\CCCCCCC)OC(=O)CCCCCCCCCCC/C=C\CCCCCCCC. The smallest absolute Gasteiger partial charge is 0.306 e. The largest absolute Gasteiger partial charge is 0.462 e. The molecule has 0 spiro atoms. The number of ether oxygens (including phenoxy) is 3. The van der Waals surface area contributed by atoms with Crippen molar-refractivity contribution >= 4 is 17.9 Å². The Kier molecular flexibility index (Phi) is 65.8.